The second-order valence-corrected chi connectivity index (χ2v) is 4.08. The number of methoxy groups -OCH3 is 1. The molecule has 1 heterocycles. The van der Waals surface area contributed by atoms with Gasteiger partial charge in [-0.15, -0.1) is 0 Å². The van der Waals surface area contributed by atoms with E-state index in [1.807, 2.05) is 0 Å². The highest BCUT2D eigenvalue weighted by atomic mass is 16.7. The molecule has 108 valence electrons. The van der Waals surface area contributed by atoms with Gasteiger partial charge in [-0.05, 0) is 0 Å². The van der Waals surface area contributed by atoms with Gasteiger partial charge in [0.25, 0.3) is 0 Å². The van der Waals surface area contributed by atoms with Crippen LogP contribution in [0.3, 0.4) is 0 Å². The molecule has 0 aromatic heterocycles. The first-order valence-corrected chi connectivity index (χ1v) is 5.60. The fraction of sp³-hybridized carbons (Fsp3) is 1.00. The molecule has 18 heavy (non-hydrogen) atoms. The van der Waals surface area contributed by atoms with Crippen LogP contribution in [0.5, 0.6) is 0 Å². The van der Waals surface area contributed by atoms with Gasteiger partial charge in [0.1, 0.15) is 30.5 Å². The Labute approximate surface area is 104 Å². The van der Waals surface area contributed by atoms with Crippen molar-refractivity contribution in [2.45, 2.75) is 36.8 Å². The SMILES string of the molecule is COC1C(OCC(O)CO)OC(CO)C(O)C1O. The van der Waals surface area contributed by atoms with Crippen molar-refractivity contribution in [1.29, 1.82) is 0 Å². The van der Waals surface area contributed by atoms with Crippen LogP contribution in [0.25, 0.3) is 0 Å². The largest absolute Gasteiger partial charge is 0.394 e. The molecule has 1 aliphatic rings. The van der Waals surface area contributed by atoms with Crippen LogP contribution in [0.2, 0.25) is 0 Å². The Kier molecular flexibility index (Phi) is 6.39. The van der Waals surface area contributed by atoms with Gasteiger partial charge in [0.15, 0.2) is 6.29 Å². The molecule has 0 aliphatic carbocycles. The lowest BCUT2D eigenvalue weighted by Crippen LogP contribution is -2.60. The molecule has 0 bridgehead atoms. The summed E-state index contributed by atoms with van der Waals surface area (Å²) < 4.78 is 15.3. The Morgan fingerprint density at radius 3 is 2.39 bits per heavy atom. The molecule has 0 spiro atoms. The number of ether oxygens (including phenoxy) is 3. The van der Waals surface area contributed by atoms with E-state index in [4.69, 9.17) is 29.5 Å². The monoisotopic (exact) mass is 268 g/mol. The molecule has 8 heteroatoms. The van der Waals surface area contributed by atoms with Gasteiger partial charge in [0.2, 0.25) is 0 Å². The molecule has 1 aliphatic heterocycles. The van der Waals surface area contributed by atoms with Crippen molar-refractivity contribution in [2.75, 3.05) is 26.9 Å². The summed E-state index contributed by atoms with van der Waals surface area (Å²) in [5.74, 6) is 0. The van der Waals surface area contributed by atoms with Crippen LogP contribution in [0.15, 0.2) is 0 Å². The first kappa shape index (κ1) is 15.7. The smallest absolute Gasteiger partial charge is 0.187 e. The average Bonchev–Trinajstić information content (AvgIpc) is 2.39. The highest BCUT2D eigenvalue weighted by Gasteiger charge is 2.45. The third kappa shape index (κ3) is 3.59. The average molecular weight is 268 g/mol. The minimum Gasteiger partial charge on any atom is -0.394 e. The van der Waals surface area contributed by atoms with E-state index >= 15 is 0 Å². The maximum Gasteiger partial charge on any atom is 0.187 e. The van der Waals surface area contributed by atoms with E-state index in [-0.39, 0.29) is 6.61 Å². The minimum absolute atomic E-state index is 0.220. The number of aliphatic hydroxyl groups excluding tert-OH is 5. The van der Waals surface area contributed by atoms with E-state index in [1.54, 1.807) is 0 Å². The zero-order chi connectivity index (χ0) is 13.7. The predicted molar refractivity (Wildman–Crippen MR) is 57.6 cm³/mol. The van der Waals surface area contributed by atoms with Gasteiger partial charge in [-0.25, -0.2) is 0 Å². The Morgan fingerprint density at radius 1 is 1.22 bits per heavy atom. The second kappa shape index (κ2) is 7.31. The molecule has 0 amide bonds. The fourth-order valence-electron chi connectivity index (χ4n) is 1.70. The second-order valence-electron chi connectivity index (χ2n) is 4.08. The summed E-state index contributed by atoms with van der Waals surface area (Å²) in [6.07, 6.45) is -6.65. The Balaban J connectivity index is 2.62. The Hall–Kier alpha value is -0.320. The number of hydrogen-bond donors (Lipinski definition) is 5. The number of hydrogen-bond acceptors (Lipinski definition) is 8. The highest BCUT2D eigenvalue weighted by molar-refractivity contribution is 4.89. The maximum atomic E-state index is 9.77. The van der Waals surface area contributed by atoms with Crippen molar-refractivity contribution in [3.05, 3.63) is 0 Å². The molecule has 0 aromatic carbocycles. The van der Waals surface area contributed by atoms with Gasteiger partial charge in [-0.1, -0.05) is 0 Å². The summed E-state index contributed by atoms with van der Waals surface area (Å²) in [5.41, 5.74) is 0. The van der Waals surface area contributed by atoms with E-state index in [1.165, 1.54) is 7.11 Å². The van der Waals surface area contributed by atoms with E-state index in [0.717, 1.165) is 0 Å². The zero-order valence-corrected chi connectivity index (χ0v) is 10.0. The van der Waals surface area contributed by atoms with E-state index < -0.39 is 50.0 Å². The molecule has 0 saturated carbocycles. The highest BCUT2D eigenvalue weighted by Crippen LogP contribution is 2.23. The molecule has 8 nitrogen and oxygen atoms in total. The van der Waals surface area contributed by atoms with Crippen LogP contribution in [0.4, 0.5) is 0 Å². The fourth-order valence-corrected chi connectivity index (χ4v) is 1.70. The van der Waals surface area contributed by atoms with E-state index in [2.05, 4.69) is 0 Å². The molecular formula is C10H20O8. The summed E-state index contributed by atoms with van der Waals surface area (Å²) >= 11 is 0. The predicted octanol–water partition coefficient (Wildman–Crippen LogP) is -3.19. The van der Waals surface area contributed by atoms with Crippen LogP contribution in [-0.2, 0) is 14.2 Å². The van der Waals surface area contributed by atoms with Crippen LogP contribution >= 0.6 is 0 Å². The van der Waals surface area contributed by atoms with Crippen molar-refractivity contribution in [1.82, 2.24) is 0 Å². The van der Waals surface area contributed by atoms with Crippen LogP contribution < -0.4 is 0 Å². The molecule has 0 aromatic rings. The first-order valence-electron chi connectivity index (χ1n) is 5.60. The van der Waals surface area contributed by atoms with Gasteiger partial charge < -0.3 is 39.7 Å². The molecule has 5 N–H and O–H groups in total. The van der Waals surface area contributed by atoms with Crippen molar-refractivity contribution < 1.29 is 39.7 Å². The molecule has 1 saturated heterocycles. The summed E-state index contributed by atoms with van der Waals surface area (Å²) in [4.78, 5) is 0. The lowest BCUT2D eigenvalue weighted by Gasteiger charge is -2.41. The minimum atomic E-state index is -1.29. The van der Waals surface area contributed by atoms with Gasteiger partial charge in [-0.3, -0.25) is 0 Å². The van der Waals surface area contributed by atoms with Crippen LogP contribution in [-0.4, -0.2) is 89.3 Å². The zero-order valence-electron chi connectivity index (χ0n) is 10.0. The van der Waals surface area contributed by atoms with E-state index in [0.29, 0.717) is 0 Å². The Morgan fingerprint density at radius 2 is 1.89 bits per heavy atom. The van der Waals surface area contributed by atoms with Crippen molar-refractivity contribution >= 4 is 0 Å². The third-order valence-electron chi connectivity index (χ3n) is 2.76. The molecule has 6 atom stereocenters. The van der Waals surface area contributed by atoms with Crippen molar-refractivity contribution in [3.8, 4) is 0 Å². The summed E-state index contributed by atoms with van der Waals surface area (Å²) in [6, 6.07) is 0. The summed E-state index contributed by atoms with van der Waals surface area (Å²) in [6.45, 7) is -1.18. The van der Waals surface area contributed by atoms with Crippen molar-refractivity contribution in [3.63, 3.8) is 0 Å². The molecule has 6 unspecified atom stereocenters. The molecule has 1 rings (SSSR count). The number of rotatable bonds is 6. The topological polar surface area (TPSA) is 129 Å². The van der Waals surface area contributed by atoms with Gasteiger partial charge in [0.05, 0.1) is 19.8 Å². The quantitative estimate of drug-likeness (QED) is 0.341. The molecule has 1 fully saturated rings. The summed E-state index contributed by atoms with van der Waals surface area (Å²) in [5, 5.41) is 46.2. The standard InChI is InChI=1S/C10H20O8/c1-16-9-8(15)7(14)6(3-12)18-10(9)17-4-5(13)2-11/h5-15H,2-4H2,1H3. The molecular weight excluding hydrogens is 248 g/mol. The lowest BCUT2D eigenvalue weighted by atomic mass is 9.99. The van der Waals surface area contributed by atoms with Crippen LogP contribution in [0.1, 0.15) is 0 Å². The summed E-state index contributed by atoms with van der Waals surface area (Å²) in [7, 11) is 1.31. The van der Waals surface area contributed by atoms with Gasteiger partial charge in [-0.2, -0.15) is 0 Å². The first-order chi connectivity index (χ1) is 8.54. The van der Waals surface area contributed by atoms with Gasteiger partial charge in [0, 0.05) is 7.11 Å². The van der Waals surface area contributed by atoms with Gasteiger partial charge >= 0.3 is 0 Å². The van der Waals surface area contributed by atoms with Crippen molar-refractivity contribution in [2.24, 2.45) is 0 Å². The van der Waals surface area contributed by atoms with E-state index in [9.17, 15) is 10.2 Å². The maximum absolute atomic E-state index is 9.77. The Bertz CT molecular complexity index is 238. The molecule has 0 radical (unpaired) electrons. The van der Waals surface area contributed by atoms with Crippen LogP contribution in [0, 0.1) is 0 Å². The normalized spacial score (nSPS) is 38.7. The lowest BCUT2D eigenvalue weighted by molar-refractivity contribution is -0.309. The third-order valence-corrected chi connectivity index (χ3v) is 2.76. The number of aliphatic hydroxyl groups is 5.